The van der Waals surface area contributed by atoms with Crippen LogP contribution in [-0.4, -0.2) is 31.2 Å². The van der Waals surface area contributed by atoms with E-state index in [-0.39, 0.29) is 0 Å². The van der Waals surface area contributed by atoms with Crippen LogP contribution >= 0.6 is 0 Å². The molecule has 1 aliphatic rings. The monoisotopic (exact) mass is 232 g/mol. The number of rotatable bonds is 3. The van der Waals surface area contributed by atoms with Crippen molar-refractivity contribution >= 4 is 5.52 Å². The van der Waals surface area contributed by atoms with Gasteiger partial charge in [-0.3, -0.25) is 0 Å². The summed E-state index contributed by atoms with van der Waals surface area (Å²) in [5, 5.41) is 3.14. The van der Waals surface area contributed by atoms with Gasteiger partial charge in [0.15, 0.2) is 0 Å². The van der Waals surface area contributed by atoms with Gasteiger partial charge in [0.2, 0.25) is 5.79 Å². The minimum absolute atomic E-state index is 0.634. The maximum Gasteiger partial charge on any atom is 0.210 e. The highest BCUT2D eigenvalue weighted by molar-refractivity contribution is 5.57. The lowest BCUT2D eigenvalue weighted by Gasteiger charge is -2.26. The van der Waals surface area contributed by atoms with Gasteiger partial charge in [0.25, 0.3) is 0 Å². The summed E-state index contributed by atoms with van der Waals surface area (Å²) in [6.45, 7) is 1.94. The molecule has 2 aromatic heterocycles. The van der Waals surface area contributed by atoms with E-state index in [1.54, 1.807) is 0 Å². The molecule has 90 valence electrons. The first-order chi connectivity index (χ1) is 8.36. The number of nitrogens with one attached hydrogen (secondary N) is 1. The zero-order valence-electron chi connectivity index (χ0n) is 9.85. The molecule has 1 saturated heterocycles. The van der Waals surface area contributed by atoms with Crippen molar-refractivity contribution in [2.45, 2.75) is 5.79 Å². The summed E-state index contributed by atoms with van der Waals surface area (Å²) in [7, 11) is 1.91. The fourth-order valence-corrected chi connectivity index (χ4v) is 2.42. The Morgan fingerprint density at radius 1 is 1.24 bits per heavy atom. The first-order valence-corrected chi connectivity index (χ1v) is 5.84. The van der Waals surface area contributed by atoms with E-state index in [9.17, 15) is 0 Å². The highest BCUT2D eigenvalue weighted by Gasteiger charge is 2.39. The van der Waals surface area contributed by atoms with E-state index in [2.05, 4.69) is 21.9 Å². The molecule has 0 bridgehead atoms. The van der Waals surface area contributed by atoms with Crippen LogP contribution < -0.4 is 5.32 Å². The standard InChI is InChI=1S/C13H16N2O2/c1-14-10-13(16-8-9-17-13)11-5-7-15-6-3-2-4-12(11)15/h2-7,14H,8-10H2,1H3. The minimum Gasteiger partial charge on any atom is -0.342 e. The van der Waals surface area contributed by atoms with Crippen molar-refractivity contribution in [1.82, 2.24) is 9.72 Å². The second-order valence-electron chi connectivity index (χ2n) is 4.20. The summed E-state index contributed by atoms with van der Waals surface area (Å²) >= 11 is 0. The molecule has 0 spiro atoms. The Hall–Kier alpha value is -1.36. The Morgan fingerprint density at radius 2 is 2.06 bits per heavy atom. The van der Waals surface area contributed by atoms with Crippen molar-refractivity contribution in [3.05, 3.63) is 42.2 Å². The van der Waals surface area contributed by atoms with Crippen molar-refractivity contribution < 1.29 is 9.47 Å². The Morgan fingerprint density at radius 3 is 2.82 bits per heavy atom. The lowest BCUT2D eigenvalue weighted by Crippen LogP contribution is -2.37. The fraction of sp³-hybridized carbons (Fsp3) is 0.385. The Labute approximate surface area is 100 Å². The van der Waals surface area contributed by atoms with Gasteiger partial charge >= 0.3 is 0 Å². The Balaban J connectivity index is 2.12. The second kappa shape index (κ2) is 4.14. The number of aromatic nitrogens is 1. The Bertz CT molecular complexity index is 515. The van der Waals surface area contributed by atoms with Crippen molar-refractivity contribution in [2.24, 2.45) is 0 Å². The van der Waals surface area contributed by atoms with Crippen LogP contribution in [0.2, 0.25) is 0 Å². The zero-order valence-corrected chi connectivity index (χ0v) is 9.85. The molecular formula is C13H16N2O2. The minimum atomic E-state index is -0.634. The average Bonchev–Trinajstić information content (AvgIpc) is 2.96. The highest BCUT2D eigenvalue weighted by atomic mass is 16.7. The average molecular weight is 232 g/mol. The molecule has 0 aromatic carbocycles. The molecule has 2 aromatic rings. The van der Waals surface area contributed by atoms with Crippen molar-refractivity contribution in [3.8, 4) is 0 Å². The number of hydrogen-bond donors (Lipinski definition) is 1. The molecule has 0 saturated carbocycles. The van der Waals surface area contributed by atoms with E-state index in [0.29, 0.717) is 19.8 Å². The van der Waals surface area contributed by atoms with Crippen molar-refractivity contribution in [2.75, 3.05) is 26.8 Å². The van der Waals surface area contributed by atoms with E-state index in [1.165, 1.54) is 0 Å². The van der Waals surface area contributed by atoms with Crippen LogP contribution in [0.15, 0.2) is 36.7 Å². The van der Waals surface area contributed by atoms with Gasteiger partial charge in [-0.2, -0.15) is 0 Å². The number of likely N-dealkylation sites (N-methyl/N-ethyl adjacent to an activating group) is 1. The van der Waals surface area contributed by atoms with Crippen LogP contribution in [0.3, 0.4) is 0 Å². The molecule has 0 amide bonds. The molecule has 0 unspecified atom stereocenters. The summed E-state index contributed by atoms with van der Waals surface area (Å²) < 4.78 is 13.8. The van der Waals surface area contributed by atoms with Crippen molar-refractivity contribution in [1.29, 1.82) is 0 Å². The zero-order chi connectivity index (χ0) is 11.7. The first kappa shape index (κ1) is 10.8. The van der Waals surface area contributed by atoms with E-state index in [0.717, 1.165) is 11.1 Å². The van der Waals surface area contributed by atoms with Gasteiger partial charge in [-0.25, -0.2) is 0 Å². The van der Waals surface area contributed by atoms with Gasteiger partial charge in [0.1, 0.15) is 0 Å². The molecule has 1 N–H and O–H groups in total. The van der Waals surface area contributed by atoms with Gasteiger partial charge in [0, 0.05) is 18.0 Å². The van der Waals surface area contributed by atoms with Gasteiger partial charge in [-0.05, 0) is 25.2 Å². The molecule has 17 heavy (non-hydrogen) atoms. The smallest absolute Gasteiger partial charge is 0.210 e. The molecule has 3 rings (SSSR count). The van der Waals surface area contributed by atoms with Crippen LogP contribution in [0.25, 0.3) is 5.52 Å². The molecule has 0 radical (unpaired) electrons. The summed E-state index contributed by atoms with van der Waals surface area (Å²) in [5.41, 5.74) is 2.22. The maximum absolute atomic E-state index is 5.84. The Kier molecular flexibility index (Phi) is 2.63. The van der Waals surface area contributed by atoms with Gasteiger partial charge in [-0.1, -0.05) is 6.07 Å². The molecule has 4 heteroatoms. The lowest BCUT2D eigenvalue weighted by molar-refractivity contribution is -0.160. The van der Waals surface area contributed by atoms with Gasteiger partial charge in [-0.15, -0.1) is 0 Å². The van der Waals surface area contributed by atoms with Gasteiger partial charge in [0.05, 0.1) is 25.3 Å². The van der Waals surface area contributed by atoms with E-state index in [4.69, 9.17) is 9.47 Å². The van der Waals surface area contributed by atoms with Gasteiger partial charge < -0.3 is 19.2 Å². The predicted octanol–water partition coefficient (Wildman–Crippen LogP) is 1.36. The second-order valence-corrected chi connectivity index (χ2v) is 4.20. The summed E-state index contributed by atoms with van der Waals surface area (Å²) in [6, 6.07) is 8.19. The summed E-state index contributed by atoms with van der Waals surface area (Å²) in [6.07, 6.45) is 4.06. The number of pyridine rings is 1. The number of ether oxygens (including phenoxy) is 2. The maximum atomic E-state index is 5.84. The third kappa shape index (κ3) is 1.65. The van der Waals surface area contributed by atoms with Crippen molar-refractivity contribution in [3.63, 3.8) is 0 Å². The molecular weight excluding hydrogens is 216 g/mol. The summed E-state index contributed by atoms with van der Waals surface area (Å²) in [4.78, 5) is 0. The van der Waals surface area contributed by atoms with E-state index < -0.39 is 5.79 Å². The molecule has 3 heterocycles. The quantitative estimate of drug-likeness (QED) is 0.867. The normalized spacial score (nSPS) is 18.9. The largest absolute Gasteiger partial charge is 0.342 e. The topological polar surface area (TPSA) is 34.9 Å². The first-order valence-electron chi connectivity index (χ1n) is 5.84. The van der Waals surface area contributed by atoms with Crippen LogP contribution in [0.1, 0.15) is 5.56 Å². The fourth-order valence-electron chi connectivity index (χ4n) is 2.42. The van der Waals surface area contributed by atoms with E-state index >= 15 is 0 Å². The SMILES string of the molecule is CNCC1(c2ccn3ccccc23)OCCO1. The number of nitrogens with zero attached hydrogens (tertiary/aromatic N) is 1. The van der Waals surface area contributed by atoms with Crippen LogP contribution in [0, 0.1) is 0 Å². The predicted molar refractivity (Wildman–Crippen MR) is 64.9 cm³/mol. The molecule has 1 aliphatic heterocycles. The number of fused-ring (bicyclic) bond motifs is 1. The summed E-state index contributed by atoms with van der Waals surface area (Å²) in [5.74, 6) is -0.634. The lowest BCUT2D eigenvalue weighted by atomic mass is 10.1. The molecule has 0 atom stereocenters. The van der Waals surface area contributed by atoms with Crippen LogP contribution in [0.5, 0.6) is 0 Å². The molecule has 0 aliphatic carbocycles. The van der Waals surface area contributed by atoms with Crippen LogP contribution in [0.4, 0.5) is 0 Å². The van der Waals surface area contributed by atoms with E-state index in [1.807, 2.05) is 31.6 Å². The molecule has 4 nitrogen and oxygen atoms in total. The molecule has 1 fully saturated rings. The third-order valence-electron chi connectivity index (χ3n) is 3.14. The van der Waals surface area contributed by atoms with Crippen LogP contribution in [-0.2, 0) is 15.3 Å². The highest BCUT2D eigenvalue weighted by Crippen LogP contribution is 2.34. The third-order valence-corrected chi connectivity index (χ3v) is 3.14. The number of hydrogen-bond acceptors (Lipinski definition) is 3.